The summed E-state index contributed by atoms with van der Waals surface area (Å²) in [6.45, 7) is 12.3. The number of aryl methyl sites for hydroxylation is 2. The lowest BCUT2D eigenvalue weighted by atomic mass is 9.78. The summed E-state index contributed by atoms with van der Waals surface area (Å²) < 4.78 is 0. The van der Waals surface area contributed by atoms with Crippen LogP contribution in [0.15, 0.2) is 0 Å². The largest absolute Gasteiger partial charge is 0.308 e. The molecule has 2 fully saturated rings. The number of hydrogen-bond donors (Lipinski definition) is 1. The van der Waals surface area contributed by atoms with E-state index in [1.807, 2.05) is 11.3 Å². The molecule has 1 aromatic rings. The van der Waals surface area contributed by atoms with Crippen molar-refractivity contribution in [3.63, 3.8) is 0 Å². The third-order valence-electron chi connectivity index (χ3n) is 5.46. The van der Waals surface area contributed by atoms with Crippen LogP contribution >= 0.6 is 11.3 Å². The predicted molar refractivity (Wildman–Crippen MR) is 89.9 cm³/mol. The summed E-state index contributed by atoms with van der Waals surface area (Å²) >= 11 is 1.87. The van der Waals surface area contributed by atoms with Crippen LogP contribution in [-0.4, -0.2) is 34.1 Å². The maximum absolute atomic E-state index is 4.76. The molecule has 4 heteroatoms. The zero-order valence-electron chi connectivity index (χ0n) is 14.0. The molecule has 0 unspecified atom stereocenters. The topological polar surface area (TPSA) is 28.2 Å². The average Bonchev–Trinajstić information content (AvgIpc) is 2.75. The molecule has 0 amide bonds. The summed E-state index contributed by atoms with van der Waals surface area (Å²) in [4.78, 5) is 8.80. The minimum absolute atomic E-state index is 0.218. The second kappa shape index (κ2) is 5.64. The van der Waals surface area contributed by atoms with E-state index >= 15 is 0 Å². The molecule has 0 aromatic carbocycles. The molecule has 1 spiro atoms. The molecule has 2 aliphatic rings. The number of rotatable bonds is 2. The molecule has 0 atom stereocenters. The highest BCUT2D eigenvalue weighted by Gasteiger charge is 2.43. The number of thiazole rings is 1. The van der Waals surface area contributed by atoms with Crippen molar-refractivity contribution in [3.05, 3.63) is 15.6 Å². The van der Waals surface area contributed by atoms with Crippen molar-refractivity contribution >= 4 is 11.3 Å². The Kier molecular flexibility index (Phi) is 4.15. The lowest BCUT2D eigenvalue weighted by molar-refractivity contribution is 0.00480. The first-order valence-electron chi connectivity index (χ1n) is 8.33. The summed E-state index contributed by atoms with van der Waals surface area (Å²) in [6, 6.07) is 0. The highest BCUT2D eigenvalue weighted by molar-refractivity contribution is 7.11. The molecule has 2 heterocycles. The van der Waals surface area contributed by atoms with E-state index in [2.05, 4.69) is 37.9 Å². The minimum atomic E-state index is 0.218. The Balaban J connectivity index is 1.76. The smallest absolute Gasteiger partial charge is 0.107 e. The molecule has 0 radical (unpaired) electrons. The number of aromatic nitrogens is 1. The van der Waals surface area contributed by atoms with Gasteiger partial charge in [0.15, 0.2) is 0 Å². The molecule has 1 aliphatic carbocycles. The summed E-state index contributed by atoms with van der Waals surface area (Å²) in [7, 11) is 0. The summed E-state index contributed by atoms with van der Waals surface area (Å²) in [5.41, 5.74) is 1.79. The van der Waals surface area contributed by atoms with E-state index in [9.17, 15) is 0 Å². The van der Waals surface area contributed by atoms with Crippen LogP contribution in [-0.2, 0) is 6.54 Å². The van der Waals surface area contributed by atoms with Crippen LogP contribution in [0.1, 0.15) is 61.5 Å². The zero-order valence-corrected chi connectivity index (χ0v) is 14.8. The predicted octanol–water partition coefficient (Wildman–Crippen LogP) is 3.65. The van der Waals surface area contributed by atoms with E-state index in [0.29, 0.717) is 5.54 Å². The van der Waals surface area contributed by atoms with Gasteiger partial charge in [-0.15, -0.1) is 11.3 Å². The normalized spacial score (nSPS) is 25.3. The van der Waals surface area contributed by atoms with Crippen molar-refractivity contribution in [2.75, 3.05) is 13.1 Å². The number of nitrogens with one attached hydrogen (secondary N) is 1. The second-order valence-electron chi connectivity index (χ2n) is 7.61. The van der Waals surface area contributed by atoms with Crippen molar-refractivity contribution in [2.24, 2.45) is 0 Å². The molecular formula is C17H29N3S. The Morgan fingerprint density at radius 1 is 1.19 bits per heavy atom. The quantitative estimate of drug-likeness (QED) is 0.904. The maximum atomic E-state index is 4.76. The molecule has 3 rings (SSSR count). The molecular weight excluding hydrogens is 278 g/mol. The van der Waals surface area contributed by atoms with Crippen molar-refractivity contribution in [3.8, 4) is 0 Å². The minimum Gasteiger partial charge on any atom is -0.308 e. The fourth-order valence-corrected chi connectivity index (χ4v) is 4.70. The van der Waals surface area contributed by atoms with E-state index < -0.39 is 0 Å². The fourth-order valence-electron chi connectivity index (χ4n) is 3.75. The molecule has 1 N–H and O–H groups in total. The van der Waals surface area contributed by atoms with E-state index in [0.717, 1.165) is 13.1 Å². The van der Waals surface area contributed by atoms with E-state index in [1.165, 1.54) is 54.2 Å². The van der Waals surface area contributed by atoms with Gasteiger partial charge in [-0.2, -0.15) is 0 Å². The molecule has 0 bridgehead atoms. The standard InChI is InChI=1S/C17H29N3S/c1-13-14(2)21-15(19-13)10-20-12-17(8-6-5-7-9-17)18-11-16(20,3)4/h18H,5-12H2,1-4H3. The van der Waals surface area contributed by atoms with Crippen LogP contribution in [0.3, 0.4) is 0 Å². The lowest BCUT2D eigenvalue weighted by Gasteiger charge is -2.53. The third kappa shape index (κ3) is 3.17. The zero-order chi connectivity index (χ0) is 15.1. The Morgan fingerprint density at radius 3 is 2.52 bits per heavy atom. The second-order valence-corrected chi connectivity index (χ2v) is 8.90. The van der Waals surface area contributed by atoms with E-state index in [4.69, 9.17) is 4.98 Å². The molecule has 118 valence electrons. The van der Waals surface area contributed by atoms with Crippen LogP contribution in [0.5, 0.6) is 0 Å². The van der Waals surface area contributed by atoms with Gasteiger partial charge in [-0.3, -0.25) is 4.90 Å². The summed E-state index contributed by atoms with van der Waals surface area (Å²) in [5.74, 6) is 0. The third-order valence-corrected chi connectivity index (χ3v) is 6.51. The number of nitrogens with zero attached hydrogens (tertiary/aromatic N) is 2. The Morgan fingerprint density at radius 2 is 1.90 bits per heavy atom. The van der Waals surface area contributed by atoms with Gasteiger partial charge in [0.05, 0.1) is 12.2 Å². The molecule has 1 aliphatic heterocycles. The van der Waals surface area contributed by atoms with Crippen LogP contribution < -0.4 is 5.32 Å². The van der Waals surface area contributed by atoms with Crippen molar-refractivity contribution < 1.29 is 0 Å². The molecule has 21 heavy (non-hydrogen) atoms. The van der Waals surface area contributed by atoms with Crippen molar-refractivity contribution in [1.82, 2.24) is 15.2 Å². The van der Waals surface area contributed by atoms with Gasteiger partial charge in [-0.25, -0.2) is 4.98 Å². The van der Waals surface area contributed by atoms with Gasteiger partial charge in [-0.1, -0.05) is 19.3 Å². The Hall–Kier alpha value is -0.450. The van der Waals surface area contributed by atoms with Crippen molar-refractivity contribution in [1.29, 1.82) is 0 Å². The summed E-state index contributed by atoms with van der Waals surface area (Å²) in [5, 5.41) is 5.18. The average molecular weight is 308 g/mol. The molecule has 1 aromatic heterocycles. The van der Waals surface area contributed by atoms with E-state index in [1.54, 1.807) is 0 Å². The van der Waals surface area contributed by atoms with Crippen LogP contribution in [0.4, 0.5) is 0 Å². The van der Waals surface area contributed by atoms with Crippen molar-refractivity contribution in [2.45, 2.75) is 77.4 Å². The first-order valence-corrected chi connectivity index (χ1v) is 9.15. The van der Waals surface area contributed by atoms with Gasteiger partial charge in [0.2, 0.25) is 0 Å². The van der Waals surface area contributed by atoms with Gasteiger partial charge in [-0.05, 0) is 40.5 Å². The van der Waals surface area contributed by atoms with Crippen LogP contribution in [0.2, 0.25) is 0 Å². The highest BCUT2D eigenvalue weighted by Crippen LogP contribution is 2.35. The number of hydrogen-bond acceptors (Lipinski definition) is 4. The van der Waals surface area contributed by atoms with Gasteiger partial charge in [0.25, 0.3) is 0 Å². The van der Waals surface area contributed by atoms with Gasteiger partial charge < -0.3 is 5.32 Å². The highest BCUT2D eigenvalue weighted by atomic mass is 32.1. The Labute approximate surface area is 133 Å². The monoisotopic (exact) mass is 307 g/mol. The van der Waals surface area contributed by atoms with E-state index in [-0.39, 0.29) is 5.54 Å². The van der Waals surface area contributed by atoms with Gasteiger partial charge in [0, 0.05) is 29.0 Å². The van der Waals surface area contributed by atoms with Crippen LogP contribution in [0, 0.1) is 13.8 Å². The molecule has 1 saturated heterocycles. The summed E-state index contributed by atoms with van der Waals surface area (Å²) in [6.07, 6.45) is 6.87. The maximum Gasteiger partial charge on any atom is 0.107 e. The molecule has 3 nitrogen and oxygen atoms in total. The fraction of sp³-hybridized carbons (Fsp3) is 0.824. The molecule has 1 saturated carbocycles. The van der Waals surface area contributed by atoms with Gasteiger partial charge in [0.1, 0.15) is 5.01 Å². The Bertz CT molecular complexity index is 481. The SMILES string of the molecule is Cc1nc(CN2CC3(CCCCC3)NCC2(C)C)sc1C. The van der Waals surface area contributed by atoms with Crippen LogP contribution in [0.25, 0.3) is 0 Å². The number of piperazine rings is 1. The first-order chi connectivity index (χ1) is 9.90. The first kappa shape index (κ1) is 15.4. The van der Waals surface area contributed by atoms with Gasteiger partial charge >= 0.3 is 0 Å². The lowest BCUT2D eigenvalue weighted by Crippen LogP contribution is -2.68.